The largest absolute Gasteiger partial charge is 0.300 e. The second-order valence-corrected chi connectivity index (χ2v) is 6.48. The standard InChI is InChI=1S/C13H24N2/c1-13(2)8-11(13)9-14-6-7-15-5-3-4-12(15)10-14/h11-12H,3-10H2,1-2H3. The van der Waals surface area contributed by atoms with Gasteiger partial charge in [0.25, 0.3) is 0 Å². The van der Waals surface area contributed by atoms with Crippen molar-refractivity contribution in [2.75, 3.05) is 32.7 Å². The second-order valence-electron chi connectivity index (χ2n) is 6.48. The van der Waals surface area contributed by atoms with Crippen molar-refractivity contribution in [2.45, 2.75) is 39.2 Å². The summed E-state index contributed by atoms with van der Waals surface area (Å²) >= 11 is 0. The molecule has 2 nitrogen and oxygen atoms in total. The van der Waals surface area contributed by atoms with Crippen LogP contribution in [0.25, 0.3) is 0 Å². The minimum atomic E-state index is 0.660. The molecule has 15 heavy (non-hydrogen) atoms. The highest BCUT2D eigenvalue weighted by atomic mass is 15.3. The number of nitrogens with zero attached hydrogens (tertiary/aromatic N) is 2. The number of fused-ring (bicyclic) bond motifs is 1. The van der Waals surface area contributed by atoms with Crippen molar-refractivity contribution in [3.8, 4) is 0 Å². The molecule has 0 aromatic carbocycles. The first-order valence-corrected chi connectivity index (χ1v) is 6.61. The van der Waals surface area contributed by atoms with E-state index >= 15 is 0 Å². The Morgan fingerprint density at radius 2 is 2.00 bits per heavy atom. The van der Waals surface area contributed by atoms with Crippen molar-refractivity contribution < 1.29 is 0 Å². The summed E-state index contributed by atoms with van der Waals surface area (Å²) in [7, 11) is 0. The third kappa shape index (κ3) is 1.94. The molecule has 0 N–H and O–H groups in total. The van der Waals surface area contributed by atoms with Gasteiger partial charge in [-0.3, -0.25) is 4.90 Å². The fourth-order valence-electron chi connectivity index (χ4n) is 3.42. The maximum atomic E-state index is 2.73. The zero-order chi connectivity index (χ0) is 10.5. The van der Waals surface area contributed by atoms with Gasteiger partial charge in [-0.2, -0.15) is 0 Å². The van der Waals surface area contributed by atoms with Crippen LogP contribution >= 0.6 is 0 Å². The van der Waals surface area contributed by atoms with Crippen LogP contribution in [0.5, 0.6) is 0 Å². The Morgan fingerprint density at radius 1 is 1.20 bits per heavy atom. The van der Waals surface area contributed by atoms with E-state index in [0.29, 0.717) is 5.41 Å². The quantitative estimate of drug-likeness (QED) is 0.683. The Balaban J connectivity index is 1.52. The molecule has 1 aliphatic carbocycles. The summed E-state index contributed by atoms with van der Waals surface area (Å²) in [5.41, 5.74) is 0.660. The summed E-state index contributed by atoms with van der Waals surface area (Å²) in [6.07, 6.45) is 4.34. The third-order valence-corrected chi connectivity index (χ3v) is 4.87. The van der Waals surface area contributed by atoms with Crippen molar-refractivity contribution in [3.05, 3.63) is 0 Å². The zero-order valence-corrected chi connectivity index (χ0v) is 10.2. The van der Waals surface area contributed by atoms with Gasteiger partial charge < -0.3 is 4.90 Å². The van der Waals surface area contributed by atoms with E-state index in [9.17, 15) is 0 Å². The molecule has 2 atom stereocenters. The summed E-state index contributed by atoms with van der Waals surface area (Å²) in [6, 6.07) is 0.903. The van der Waals surface area contributed by atoms with Crippen molar-refractivity contribution >= 4 is 0 Å². The fourth-order valence-corrected chi connectivity index (χ4v) is 3.42. The van der Waals surface area contributed by atoms with Crippen molar-refractivity contribution in [2.24, 2.45) is 11.3 Å². The lowest BCUT2D eigenvalue weighted by Gasteiger charge is -2.37. The molecular weight excluding hydrogens is 184 g/mol. The number of hydrogen-bond donors (Lipinski definition) is 0. The highest BCUT2D eigenvalue weighted by molar-refractivity contribution is 4.98. The number of rotatable bonds is 2. The monoisotopic (exact) mass is 208 g/mol. The molecule has 3 fully saturated rings. The predicted octanol–water partition coefficient (Wildman–Crippen LogP) is 1.81. The molecule has 1 saturated carbocycles. The van der Waals surface area contributed by atoms with Gasteiger partial charge in [0.2, 0.25) is 0 Å². The third-order valence-electron chi connectivity index (χ3n) is 4.87. The molecule has 2 heterocycles. The predicted molar refractivity (Wildman–Crippen MR) is 62.9 cm³/mol. The molecule has 0 bridgehead atoms. The van der Waals surface area contributed by atoms with Crippen LogP contribution in [0.15, 0.2) is 0 Å². The van der Waals surface area contributed by atoms with Crippen LogP contribution in [-0.4, -0.2) is 48.6 Å². The fraction of sp³-hybridized carbons (Fsp3) is 1.00. The van der Waals surface area contributed by atoms with Crippen LogP contribution in [0.4, 0.5) is 0 Å². The maximum Gasteiger partial charge on any atom is 0.0224 e. The molecule has 2 saturated heterocycles. The van der Waals surface area contributed by atoms with E-state index in [0.717, 1.165) is 12.0 Å². The normalized spacial score (nSPS) is 40.4. The molecule has 3 aliphatic rings. The molecule has 0 radical (unpaired) electrons. The van der Waals surface area contributed by atoms with E-state index in [1.54, 1.807) is 0 Å². The number of piperazine rings is 1. The van der Waals surface area contributed by atoms with Gasteiger partial charge >= 0.3 is 0 Å². The molecule has 2 heteroatoms. The van der Waals surface area contributed by atoms with Crippen LogP contribution in [0.3, 0.4) is 0 Å². The van der Waals surface area contributed by atoms with E-state index in [1.807, 2.05) is 0 Å². The molecule has 2 unspecified atom stereocenters. The molecule has 3 rings (SSSR count). The number of hydrogen-bond acceptors (Lipinski definition) is 2. The highest BCUT2D eigenvalue weighted by Gasteiger charge is 2.46. The van der Waals surface area contributed by atoms with Gasteiger partial charge in [-0.05, 0) is 37.1 Å². The zero-order valence-electron chi connectivity index (χ0n) is 10.2. The Bertz CT molecular complexity index is 247. The minimum Gasteiger partial charge on any atom is -0.300 e. The summed E-state index contributed by atoms with van der Waals surface area (Å²) in [6.45, 7) is 11.6. The average molecular weight is 208 g/mol. The first-order valence-electron chi connectivity index (χ1n) is 6.61. The highest BCUT2D eigenvalue weighted by Crippen LogP contribution is 2.51. The summed E-state index contributed by atoms with van der Waals surface area (Å²) in [5.74, 6) is 0.991. The van der Waals surface area contributed by atoms with E-state index < -0.39 is 0 Å². The molecule has 2 aliphatic heterocycles. The smallest absolute Gasteiger partial charge is 0.0224 e. The van der Waals surface area contributed by atoms with Crippen LogP contribution in [0, 0.1) is 11.3 Å². The van der Waals surface area contributed by atoms with Gasteiger partial charge in [-0.25, -0.2) is 0 Å². The summed E-state index contributed by atoms with van der Waals surface area (Å²) < 4.78 is 0. The lowest BCUT2D eigenvalue weighted by molar-refractivity contribution is 0.0982. The summed E-state index contributed by atoms with van der Waals surface area (Å²) in [5, 5.41) is 0. The van der Waals surface area contributed by atoms with Crippen molar-refractivity contribution in [1.29, 1.82) is 0 Å². The SMILES string of the molecule is CC1(C)CC1CN1CCN2CCCC2C1. The minimum absolute atomic E-state index is 0.660. The molecule has 0 aromatic rings. The van der Waals surface area contributed by atoms with E-state index in [1.165, 1.54) is 52.0 Å². The van der Waals surface area contributed by atoms with Crippen molar-refractivity contribution in [1.82, 2.24) is 9.80 Å². The van der Waals surface area contributed by atoms with Crippen LogP contribution in [-0.2, 0) is 0 Å². The molecule has 0 aromatic heterocycles. The van der Waals surface area contributed by atoms with Gasteiger partial charge in [0.05, 0.1) is 0 Å². The Hall–Kier alpha value is -0.0800. The average Bonchev–Trinajstić information content (AvgIpc) is 2.64. The first kappa shape index (κ1) is 10.1. The van der Waals surface area contributed by atoms with Gasteiger partial charge in [-0.1, -0.05) is 13.8 Å². The Kier molecular flexibility index (Phi) is 2.33. The van der Waals surface area contributed by atoms with Gasteiger partial charge in [0.15, 0.2) is 0 Å². The summed E-state index contributed by atoms with van der Waals surface area (Å²) in [4.78, 5) is 5.43. The van der Waals surface area contributed by atoms with E-state index in [4.69, 9.17) is 0 Å². The lowest BCUT2D eigenvalue weighted by atomic mass is 10.1. The maximum absolute atomic E-state index is 2.73. The van der Waals surface area contributed by atoms with Gasteiger partial charge in [-0.15, -0.1) is 0 Å². The molecule has 86 valence electrons. The van der Waals surface area contributed by atoms with Gasteiger partial charge in [0, 0.05) is 32.2 Å². The van der Waals surface area contributed by atoms with E-state index in [-0.39, 0.29) is 0 Å². The van der Waals surface area contributed by atoms with Crippen molar-refractivity contribution in [3.63, 3.8) is 0 Å². The first-order chi connectivity index (χ1) is 7.15. The molecule has 0 amide bonds. The topological polar surface area (TPSA) is 6.48 Å². The Morgan fingerprint density at radius 3 is 2.73 bits per heavy atom. The van der Waals surface area contributed by atoms with Crippen LogP contribution in [0.1, 0.15) is 33.1 Å². The lowest BCUT2D eigenvalue weighted by Crippen LogP contribution is -2.50. The van der Waals surface area contributed by atoms with E-state index in [2.05, 4.69) is 23.6 Å². The van der Waals surface area contributed by atoms with Crippen LogP contribution < -0.4 is 0 Å². The Labute approximate surface area is 93.6 Å². The van der Waals surface area contributed by atoms with Crippen LogP contribution in [0.2, 0.25) is 0 Å². The molecule has 0 spiro atoms. The second kappa shape index (κ2) is 3.46. The van der Waals surface area contributed by atoms with Gasteiger partial charge in [0.1, 0.15) is 0 Å². The molecular formula is C13H24N2.